The van der Waals surface area contributed by atoms with Crippen LogP contribution in [0.15, 0.2) is 15.0 Å². The molecule has 0 radical (unpaired) electrons. The van der Waals surface area contributed by atoms with Gasteiger partial charge in [0.25, 0.3) is 0 Å². The summed E-state index contributed by atoms with van der Waals surface area (Å²) in [5.41, 5.74) is 6.59. The lowest BCUT2D eigenvalue weighted by atomic mass is 10.1. The first-order chi connectivity index (χ1) is 10.0. The lowest BCUT2D eigenvalue weighted by Gasteiger charge is -2.31. The summed E-state index contributed by atoms with van der Waals surface area (Å²) < 4.78 is 5.69. The van der Waals surface area contributed by atoms with Gasteiger partial charge < -0.3 is 20.7 Å². The number of rotatable bonds is 3. The first-order valence-corrected chi connectivity index (χ1v) is 7.18. The molecular weight excluding hydrogens is 274 g/mol. The van der Waals surface area contributed by atoms with E-state index in [1.807, 2.05) is 18.7 Å². The Morgan fingerprint density at radius 1 is 1.48 bits per heavy atom. The number of fused-ring (bicyclic) bond motifs is 1. The van der Waals surface area contributed by atoms with Crippen LogP contribution in [0.5, 0.6) is 0 Å². The molecule has 8 heteroatoms. The van der Waals surface area contributed by atoms with Gasteiger partial charge >= 0.3 is 0 Å². The van der Waals surface area contributed by atoms with Crippen molar-refractivity contribution >= 4 is 17.4 Å². The molecule has 3 rings (SSSR count). The van der Waals surface area contributed by atoms with Gasteiger partial charge in [-0.2, -0.15) is 0 Å². The molecule has 0 bridgehead atoms. The molecule has 2 unspecified atom stereocenters. The average molecular weight is 295 g/mol. The number of nitrogens with zero attached hydrogens (tertiary/aromatic N) is 4. The maximum absolute atomic E-state index is 10.1. The Labute approximate surface area is 123 Å². The van der Waals surface area contributed by atoms with Gasteiger partial charge in [-0.1, -0.05) is 13.8 Å². The second-order valence-electron chi connectivity index (χ2n) is 5.85. The van der Waals surface area contributed by atoms with Crippen LogP contribution in [0.1, 0.15) is 20.3 Å². The van der Waals surface area contributed by atoms with Crippen LogP contribution in [-0.2, 0) is 4.74 Å². The number of amidine groups is 2. The third kappa shape index (κ3) is 2.48. The Balaban J connectivity index is 1.83. The van der Waals surface area contributed by atoms with Crippen LogP contribution in [0.4, 0.5) is 0 Å². The van der Waals surface area contributed by atoms with Crippen molar-refractivity contribution in [3.05, 3.63) is 0 Å². The summed E-state index contributed by atoms with van der Waals surface area (Å²) in [5, 5.41) is 19.3. The topological polar surface area (TPSA) is 116 Å². The molecule has 0 aromatic rings. The van der Waals surface area contributed by atoms with Crippen molar-refractivity contribution in [1.82, 2.24) is 4.90 Å². The minimum atomic E-state index is -0.672. The zero-order valence-corrected chi connectivity index (χ0v) is 12.2. The van der Waals surface area contributed by atoms with Gasteiger partial charge in [-0.3, -0.25) is 4.99 Å². The van der Waals surface area contributed by atoms with Gasteiger partial charge in [0, 0.05) is 12.3 Å². The molecule has 0 aromatic carbocycles. The largest absolute Gasteiger partial charge is 0.394 e. The van der Waals surface area contributed by atoms with Crippen molar-refractivity contribution < 1.29 is 14.9 Å². The van der Waals surface area contributed by atoms with Crippen LogP contribution in [0.2, 0.25) is 0 Å². The number of hydrogen-bond donors (Lipinski definition) is 3. The van der Waals surface area contributed by atoms with E-state index in [4.69, 9.17) is 10.5 Å². The van der Waals surface area contributed by atoms with Gasteiger partial charge in [0.15, 0.2) is 12.0 Å². The second-order valence-corrected chi connectivity index (χ2v) is 5.85. The fourth-order valence-electron chi connectivity index (χ4n) is 2.80. The third-order valence-corrected chi connectivity index (χ3v) is 3.93. The molecule has 0 saturated carbocycles. The van der Waals surface area contributed by atoms with Gasteiger partial charge in [0.2, 0.25) is 0 Å². The molecule has 3 aliphatic heterocycles. The highest BCUT2D eigenvalue weighted by Crippen LogP contribution is 2.29. The van der Waals surface area contributed by atoms with E-state index in [0.29, 0.717) is 30.5 Å². The Hall–Kier alpha value is -1.35. The van der Waals surface area contributed by atoms with Crippen LogP contribution in [0.3, 0.4) is 0 Å². The van der Waals surface area contributed by atoms with Crippen molar-refractivity contribution in [2.75, 3.05) is 13.3 Å². The fourth-order valence-corrected chi connectivity index (χ4v) is 2.80. The average Bonchev–Trinajstić information content (AvgIpc) is 3.01. The molecule has 0 aromatic heterocycles. The fraction of sp³-hybridized carbons (Fsp3) is 0.769. The van der Waals surface area contributed by atoms with Gasteiger partial charge in [-0.05, 0) is 0 Å². The van der Waals surface area contributed by atoms with E-state index in [2.05, 4.69) is 15.0 Å². The molecule has 1 saturated heterocycles. The SMILES string of the molecule is CC(C)C1=NC2C(=NCN2C2O[C@@H](CO)C[C@@H]2O)C(N)=N1. The minimum Gasteiger partial charge on any atom is -0.394 e. The summed E-state index contributed by atoms with van der Waals surface area (Å²) in [7, 11) is 0. The van der Waals surface area contributed by atoms with Crippen LogP contribution < -0.4 is 5.73 Å². The van der Waals surface area contributed by atoms with E-state index in [1.54, 1.807) is 0 Å². The van der Waals surface area contributed by atoms with Crippen molar-refractivity contribution in [3.8, 4) is 0 Å². The maximum Gasteiger partial charge on any atom is 0.154 e. The predicted molar refractivity (Wildman–Crippen MR) is 78.2 cm³/mol. The molecule has 3 heterocycles. The summed E-state index contributed by atoms with van der Waals surface area (Å²) in [4.78, 5) is 15.1. The first kappa shape index (κ1) is 14.6. The second kappa shape index (κ2) is 5.45. The van der Waals surface area contributed by atoms with Crippen molar-refractivity contribution in [1.29, 1.82) is 0 Å². The van der Waals surface area contributed by atoms with Crippen LogP contribution in [0.25, 0.3) is 0 Å². The van der Waals surface area contributed by atoms with Crippen LogP contribution >= 0.6 is 0 Å². The van der Waals surface area contributed by atoms with E-state index >= 15 is 0 Å². The highest BCUT2D eigenvalue weighted by atomic mass is 16.5. The summed E-state index contributed by atoms with van der Waals surface area (Å²) in [6.07, 6.45) is -1.51. The molecule has 4 atom stereocenters. The maximum atomic E-state index is 10.1. The summed E-state index contributed by atoms with van der Waals surface area (Å²) >= 11 is 0. The smallest absolute Gasteiger partial charge is 0.154 e. The van der Waals surface area contributed by atoms with Gasteiger partial charge in [-0.15, -0.1) is 0 Å². The number of hydrogen-bond acceptors (Lipinski definition) is 8. The third-order valence-electron chi connectivity index (χ3n) is 3.93. The summed E-state index contributed by atoms with van der Waals surface area (Å²) in [6.45, 7) is 4.24. The lowest BCUT2D eigenvalue weighted by molar-refractivity contribution is -0.0986. The Morgan fingerprint density at radius 3 is 2.86 bits per heavy atom. The molecule has 4 N–H and O–H groups in total. The van der Waals surface area contributed by atoms with E-state index in [9.17, 15) is 10.2 Å². The zero-order valence-electron chi connectivity index (χ0n) is 12.2. The summed E-state index contributed by atoms with van der Waals surface area (Å²) in [5.74, 6) is 1.22. The van der Waals surface area contributed by atoms with Gasteiger partial charge in [0.1, 0.15) is 17.8 Å². The molecular formula is C13H21N5O3. The first-order valence-electron chi connectivity index (χ1n) is 7.18. The Bertz CT molecular complexity index is 516. The normalized spacial score (nSPS) is 36.5. The van der Waals surface area contributed by atoms with Crippen molar-refractivity contribution in [3.63, 3.8) is 0 Å². The van der Waals surface area contributed by atoms with Gasteiger partial charge in [0.05, 0.1) is 25.5 Å². The Kier molecular flexibility index (Phi) is 3.78. The number of ether oxygens (including phenoxy) is 1. The molecule has 0 aliphatic carbocycles. The molecule has 3 aliphatic rings. The highest BCUT2D eigenvalue weighted by molar-refractivity contribution is 6.45. The van der Waals surface area contributed by atoms with E-state index in [-0.39, 0.29) is 24.8 Å². The number of nitrogens with two attached hydrogens (primary N) is 1. The van der Waals surface area contributed by atoms with Crippen molar-refractivity contribution in [2.24, 2.45) is 26.6 Å². The monoisotopic (exact) mass is 295 g/mol. The molecule has 116 valence electrons. The van der Waals surface area contributed by atoms with E-state index < -0.39 is 12.3 Å². The number of aliphatic hydroxyl groups excluding tert-OH is 2. The quantitative estimate of drug-likeness (QED) is 0.612. The number of aliphatic hydroxyl groups is 2. The predicted octanol–water partition coefficient (Wildman–Crippen LogP) is -1.08. The standard InChI is InChI=1S/C13H21N5O3/c1-6(2)11-16-10(14)9-12(17-11)18(5-15-9)13-8(20)3-7(4-19)21-13/h6-8,12-13,19-20H,3-5H2,1-2H3,(H2,14,16,17)/t7-,8+,12?,13?/m1/s1. The van der Waals surface area contributed by atoms with Gasteiger partial charge in [-0.25, -0.2) is 14.9 Å². The molecule has 1 fully saturated rings. The highest BCUT2D eigenvalue weighted by Gasteiger charge is 2.45. The molecule has 21 heavy (non-hydrogen) atoms. The molecule has 0 amide bonds. The lowest BCUT2D eigenvalue weighted by Crippen LogP contribution is -2.50. The summed E-state index contributed by atoms with van der Waals surface area (Å²) in [6, 6.07) is 0. The van der Waals surface area contributed by atoms with Crippen molar-refractivity contribution in [2.45, 2.75) is 44.9 Å². The van der Waals surface area contributed by atoms with Crippen LogP contribution in [-0.4, -0.2) is 70.4 Å². The van der Waals surface area contributed by atoms with E-state index in [0.717, 1.165) is 0 Å². The van der Waals surface area contributed by atoms with Crippen LogP contribution in [0, 0.1) is 5.92 Å². The Morgan fingerprint density at radius 2 is 2.24 bits per heavy atom. The molecule has 0 spiro atoms. The van der Waals surface area contributed by atoms with E-state index in [1.165, 1.54) is 0 Å². The minimum absolute atomic E-state index is 0.107. The zero-order chi connectivity index (χ0) is 15.1. The molecule has 8 nitrogen and oxygen atoms in total. The number of aliphatic imine (C=N–C) groups is 3.